The number of hydrogen-bond donors (Lipinski definition) is 0. The number of thiophene rings is 1. The predicted molar refractivity (Wildman–Crippen MR) is 277 cm³/mol. The van der Waals surface area contributed by atoms with Crippen LogP contribution in [0.3, 0.4) is 0 Å². The number of hydrogen-bond acceptors (Lipinski definition) is 2. The van der Waals surface area contributed by atoms with E-state index in [2.05, 4.69) is 233 Å². The first kappa shape index (κ1) is 36.2. The normalized spacial score (nSPS) is 12.0. The zero-order valence-corrected chi connectivity index (χ0v) is 35.9. The van der Waals surface area contributed by atoms with Gasteiger partial charge in [0, 0.05) is 31.9 Å². The van der Waals surface area contributed by atoms with E-state index < -0.39 is 0 Å². The molecule has 0 atom stereocenters. The zero-order chi connectivity index (χ0) is 42.6. The van der Waals surface area contributed by atoms with E-state index in [0.717, 1.165) is 27.9 Å². The molecule has 0 spiro atoms. The largest absolute Gasteiger partial charge is 0.309 e. The lowest BCUT2D eigenvalue weighted by molar-refractivity contribution is 1.18. The van der Waals surface area contributed by atoms with Gasteiger partial charge >= 0.3 is 0 Å². The van der Waals surface area contributed by atoms with Crippen LogP contribution in [0.2, 0.25) is 0 Å². The summed E-state index contributed by atoms with van der Waals surface area (Å²) >= 11 is 1.84. The van der Waals surface area contributed by atoms with E-state index >= 15 is 0 Å². The summed E-state index contributed by atoms with van der Waals surface area (Å²) in [7, 11) is 0. The maximum absolute atomic E-state index is 5.25. The Morgan fingerprint density at radius 2 is 0.923 bits per heavy atom. The van der Waals surface area contributed by atoms with Crippen molar-refractivity contribution in [2.24, 2.45) is 0 Å². The van der Waals surface area contributed by atoms with Crippen molar-refractivity contribution in [3.63, 3.8) is 0 Å². The maximum Gasteiger partial charge on any atom is 0.156 e. The average Bonchev–Trinajstić information content (AvgIpc) is 4.05. The molecule has 0 saturated heterocycles. The Morgan fingerprint density at radius 3 is 1.66 bits per heavy atom. The minimum Gasteiger partial charge on any atom is -0.309 e. The molecular weight excluding hydrogens is 807 g/mol. The molecule has 65 heavy (non-hydrogen) atoms. The molecule has 14 aromatic rings. The number of fused-ring (bicyclic) bond motifs is 12. The van der Waals surface area contributed by atoms with Gasteiger partial charge in [-0.1, -0.05) is 164 Å². The van der Waals surface area contributed by atoms with Crippen molar-refractivity contribution in [1.82, 2.24) is 14.0 Å². The van der Waals surface area contributed by atoms with Gasteiger partial charge < -0.3 is 4.57 Å². The third-order valence-electron chi connectivity index (χ3n) is 13.5. The smallest absolute Gasteiger partial charge is 0.156 e. The molecule has 0 N–H and O–H groups in total. The maximum atomic E-state index is 5.25. The number of pyridine rings is 1. The van der Waals surface area contributed by atoms with Gasteiger partial charge in [-0.25, -0.2) is 4.98 Å². The molecule has 3 nitrogen and oxygen atoms in total. The minimum absolute atomic E-state index is 1.01. The molecule has 0 unspecified atom stereocenters. The summed E-state index contributed by atoms with van der Waals surface area (Å²) in [6, 6.07) is 82.2. The summed E-state index contributed by atoms with van der Waals surface area (Å²) in [5.74, 6) is 0. The second-order valence-corrected chi connectivity index (χ2v) is 18.2. The van der Waals surface area contributed by atoms with Gasteiger partial charge in [0.2, 0.25) is 0 Å². The zero-order valence-electron chi connectivity index (χ0n) is 35.1. The van der Waals surface area contributed by atoms with E-state index in [-0.39, 0.29) is 0 Å². The highest BCUT2D eigenvalue weighted by Gasteiger charge is 2.19. The first-order valence-corrected chi connectivity index (χ1v) is 23.0. The van der Waals surface area contributed by atoms with Crippen LogP contribution in [0.15, 0.2) is 224 Å². The summed E-state index contributed by atoms with van der Waals surface area (Å²) in [6.45, 7) is 0. The Hall–Kier alpha value is -8.31. The van der Waals surface area contributed by atoms with Gasteiger partial charge in [-0.3, -0.25) is 4.40 Å². The number of para-hydroxylation sites is 4. The predicted octanol–water partition coefficient (Wildman–Crippen LogP) is 16.9. The van der Waals surface area contributed by atoms with Crippen LogP contribution in [0.1, 0.15) is 0 Å². The number of benzene rings is 10. The fourth-order valence-electron chi connectivity index (χ4n) is 10.4. The lowest BCUT2D eigenvalue weighted by Gasteiger charge is -2.14. The summed E-state index contributed by atoms with van der Waals surface area (Å²) in [5, 5.41) is 10.1. The molecule has 0 radical (unpaired) electrons. The highest BCUT2D eigenvalue weighted by molar-refractivity contribution is 7.26. The molecule has 0 saturated carbocycles. The van der Waals surface area contributed by atoms with Gasteiger partial charge in [-0.15, -0.1) is 11.3 Å². The van der Waals surface area contributed by atoms with Crippen LogP contribution in [0.4, 0.5) is 0 Å². The fourth-order valence-corrected chi connectivity index (χ4v) is 11.6. The van der Waals surface area contributed by atoms with Crippen molar-refractivity contribution in [3.05, 3.63) is 224 Å². The molecule has 0 aliphatic carbocycles. The van der Waals surface area contributed by atoms with Gasteiger partial charge in [0.15, 0.2) is 5.65 Å². The van der Waals surface area contributed by atoms with Gasteiger partial charge in [0.1, 0.15) is 0 Å². The topological polar surface area (TPSA) is 22.2 Å². The molecule has 4 heteroatoms. The van der Waals surface area contributed by atoms with Crippen LogP contribution >= 0.6 is 11.3 Å². The van der Waals surface area contributed by atoms with Crippen molar-refractivity contribution in [1.29, 1.82) is 0 Å². The van der Waals surface area contributed by atoms with Crippen molar-refractivity contribution >= 4 is 91.5 Å². The second-order valence-electron chi connectivity index (χ2n) is 17.1. The third kappa shape index (κ3) is 5.58. The second kappa shape index (κ2) is 14.1. The standard InChI is InChI=1S/C61H37N3S/c1-2-14-45(15-3-1)63-55-20-10-8-18-50(55)51-34-44(30-33-56(51)63)38-22-24-39(25-23-38)46-31-32-47(49-17-7-6-16-48(46)49)40-26-28-41(29-27-40)58-37-53-52-35-42-12-4-5-13-43(42)36-59(52)65-60(53)61-62-54-19-9-11-21-57(54)64(58)61/h1-37H. The Labute approximate surface area is 378 Å². The fraction of sp³-hybridized carbons (Fsp3) is 0. The van der Waals surface area contributed by atoms with Crippen molar-refractivity contribution in [3.8, 4) is 50.3 Å². The monoisotopic (exact) mass is 843 g/mol. The molecule has 4 aromatic heterocycles. The summed E-state index contributed by atoms with van der Waals surface area (Å²) in [5.41, 5.74) is 16.3. The lowest BCUT2D eigenvalue weighted by atomic mass is 9.91. The van der Waals surface area contributed by atoms with Gasteiger partial charge in [-0.2, -0.15) is 0 Å². The molecule has 0 aliphatic rings. The summed E-state index contributed by atoms with van der Waals surface area (Å²) < 4.78 is 7.24. The van der Waals surface area contributed by atoms with Crippen molar-refractivity contribution < 1.29 is 0 Å². The Morgan fingerprint density at radius 1 is 0.354 bits per heavy atom. The van der Waals surface area contributed by atoms with Crippen molar-refractivity contribution in [2.45, 2.75) is 0 Å². The van der Waals surface area contributed by atoms with Crippen LogP contribution in [-0.2, 0) is 0 Å². The Kier molecular flexibility index (Phi) is 7.85. The molecule has 10 aromatic carbocycles. The first-order valence-electron chi connectivity index (χ1n) is 22.2. The Balaban J connectivity index is 0.835. The molecule has 0 aliphatic heterocycles. The SMILES string of the molecule is c1ccc(-n2c3ccccc3c3cc(-c4ccc(-c5ccc(-c6ccc(-c7cc8c9cc%10ccccc%10cc9sc8c8nc9ccccc9n78)cc6)c6ccccc56)cc4)ccc32)cc1. The van der Waals surface area contributed by atoms with Crippen LogP contribution < -0.4 is 0 Å². The van der Waals surface area contributed by atoms with Gasteiger partial charge in [0.05, 0.1) is 32.5 Å². The third-order valence-corrected chi connectivity index (χ3v) is 14.7. The molecule has 0 bridgehead atoms. The quantitative estimate of drug-likeness (QED) is 0.169. The van der Waals surface area contributed by atoms with Crippen molar-refractivity contribution in [2.75, 3.05) is 0 Å². The number of aromatic nitrogens is 3. The molecule has 4 heterocycles. The van der Waals surface area contributed by atoms with Crippen LogP contribution in [-0.4, -0.2) is 14.0 Å². The number of rotatable bonds is 5. The van der Waals surface area contributed by atoms with E-state index in [9.17, 15) is 0 Å². The van der Waals surface area contributed by atoms with Crippen LogP contribution in [0.5, 0.6) is 0 Å². The van der Waals surface area contributed by atoms with E-state index in [1.54, 1.807) is 0 Å². The summed E-state index contributed by atoms with van der Waals surface area (Å²) in [4.78, 5) is 5.25. The van der Waals surface area contributed by atoms with E-state index in [1.165, 1.54) is 103 Å². The Bertz CT molecular complexity index is 4210. The van der Waals surface area contributed by atoms with E-state index in [4.69, 9.17) is 4.98 Å². The molecule has 14 rings (SSSR count). The minimum atomic E-state index is 1.01. The molecule has 0 fully saturated rings. The van der Waals surface area contributed by atoms with Gasteiger partial charge in [-0.05, 0) is 121 Å². The average molecular weight is 844 g/mol. The molecule has 0 amide bonds. The molecular formula is C61H37N3S. The van der Waals surface area contributed by atoms with E-state index in [1.807, 2.05) is 11.3 Å². The summed E-state index contributed by atoms with van der Waals surface area (Å²) in [6.07, 6.45) is 0. The van der Waals surface area contributed by atoms with Gasteiger partial charge in [0.25, 0.3) is 0 Å². The van der Waals surface area contributed by atoms with Crippen LogP contribution in [0, 0.1) is 0 Å². The highest BCUT2D eigenvalue weighted by atomic mass is 32.1. The van der Waals surface area contributed by atoms with E-state index in [0.29, 0.717) is 0 Å². The highest BCUT2D eigenvalue weighted by Crippen LogP contribution is 2.43. The number of imidazole rings is 1. The lowest BCUT2D eigenvalue weighted by Crippen LogP contribution is -1.93. The molecule has 302 valence electrons. The first-order chi connectivity index (χ1) is 32.2. The number of nitrogens with zero attached hydrogens (tertiary/aromatic N) is 3. The van der Waals surface area contributed by atoms with Crippen LogP contribution in [0.25, 0.3) is 131 Å².